The fraction of sp³-hybridized carbons (Fsp3) is 0.500. The average Bonchev–Trinajstić information content (AvgIpc) is 3.38. The molecule has 34 heavy (non-hydrogen) atoms. The molecule has 1 aromatic carbocycles. The van der Waals surface area contributed by atoms with Crippen LogP contribution in [0.25, 0.3) is 22.6 Å². The van der Waals surface area contributed by atoms with Gasteiger partial charge in [0.25, 0.3) is 0 Å². The van der Waals surface area contributed by atoms with Gasteiger partial charge in [-0.15, -0.1) is 0 Å². The summed E-state index contributed by atoms with van der Waals surface area (Å²) in [4.78, 5) is 9.91. The van der Waals surface area contributed by atoms with Gasteiger partial charge >= 0.3 is 0 Å². The van der Waals surface area contributed by atoms with E-state index in [-0.39, 0.29) is 6.61 Å². The smallest absolute Gasteiger partial charge is 0.162 e. The maximum Gasteiger partial charge on any atom is 0.162 e. The normalized spacial score (nSPS) is 18.8. The Kier molecular flexibility index (Phi) is 7.48. The first-order valence-corrected chi connectivity index (χ1v) is 12.0. The quantitative estimate of drug-likeness (QED) is 0.430. The molecule has 0 saturated heterocycles. The number of nitrogens with zero attached hydrogens (tertiary/aromatic N) is 3. The number of ether oxygens (including phenoxy) is 1. The molecular formula is C26H35N5O3. The summed E-state index contributed by atoms with van der Waals surface area (Å²) < 4.78 is 11.3. The van der Waals surface area contributed by atoms with Gasteiger partial charge in [0.1, 0.15) is 30.0 Å². The molecule has 0 aliphatic heterocycles. The molecule has 1 fully saturated rings. The van der Waals surface area contributed by atoms with Crippen molar-refractivity contribution < 1.29 is 14.4 Å². The highest BCUT2D eigenvalue weighted by molar-refractivity contribution is 5.74. The molecule has 3 atom stereocenters. The van der Waals surface area contributed by atoms with Gasteiger partial charge in [0.05, 0.1) is 17.0 Å². The summed E-state index contributed by atoms with van der Waals surface area (Å²) in [7, 11) is 1.80. The number of hydrogen-bond acceptors (Lipinski definition) is 8. The Morgan fingerprint density at radius 3 is 2.71 bits per heavy atom. The number of aryl methyl sites for hydroxylation is 2. The van der Waals surface area contributed by atoms with Gasteiger partial charge in [-0.05, 0) is 58.7 Å². The molecule has 4 rings (SSSR count). The second-order valence-corrected chi connectivity index (χ2v) is 9.28. The molecule has 1 saturated carbocycles. The number of nitrogens with one attached hydrogen (secondary N) is 2. The first kappa shape index (κ1) is 24.2. The first-order valence-electron chi connectivity index (χ1n) is 12.0. The summed E-state index contributed by atoms with van der Waals surface area (Å²) in [6.45, 7) is 8.86. The summed E-state index contributed by atoms with van der Waals surface area (Å²) in [5, 5.41) is 20.8. The minimum Gasteiger partial charge on any atom is -0.491 e. The third-order valence-electron chi connectivity index (χ3n) is 6.57. The molecule has 3 aromatic rings. The second kappa shape index (κ2) is 10.5. The lowest BCUT2D eigenvalue weighted by molar-refractivity contribution is 0.108. The SMILES string of the molecule is CNCC(O)COc1cccc(-c2nc(N[C@H]3CCC[C@H]3C)c(C)c(-c3c(C)noc3C)n2)c1. The van der Waals surface area contributed by atoms with Crippen LogP contribution in [0.5, 0.6) is 5.75 Å². The number of benzene rings is 1. The number of anilines is 1. The molecule has 182 valence electrons. The highest BCUT2D eigenvalue weighted by Crippen LogP contribution is 2.35. The van der Waals surface area contributed by atoms with Crippen molar-refractivity contribution in [3.05, 3.63) is 41.3 Å². The van der Waals surface area contributed by atoms with Gasteiger partial charge < -0.3 is 25.0 Å². The van der Waals surface area contributed by atoms with E-state index >= 15 is 0 Å². The van der Waals surface area contributed by atoms with E-state index in [4.69, 9.17) is 19.2 Å². The van der Waals surface area contributed by atoms with Gasteiger partial charge in [-0.3, -0.25) is 0 Å². The number of aliphatic hydroxyl groups is 1. The van der Waals surface area contributed by atoms with Gasteiger partial charge in [0.15, 0.2) is 5.82 Å². The zero-order valence-electron chi connectivity index (χ0n) is 20.7. The Morgan fingerprint density at radius 1 is 1.21 bits per heavy atom. The van der Waals surface area contributed by atoms with Gasteiger partial charge in [-0.1, -0.05) is 30.6 Å². The van der Waals surface area contributed by atoms with Crippen LogP contribution in [0, 0.1) is 26.7 Å². The predicted octanol–water partition coefficient (Wildman–Crippen LogP) is 4.28. The van der Waals surface area contributed by atoms with Crippen molar-refractivity contribution in [1.82, 2.24) is 20.4 Å². The van der Waals surface area contributed by atoms with Crippen LogP contribution in [0.3, 0.4) is 0 Å². The Morgan fingerprint density at radius 2 is 2.03 bits per heavy atom. The van der Waals surface area contributed by atoms with E-state index in [1.807, 2.05) is 38.1 Å². The molecule has 0 radical (unpaired) electrons. The molecule has 0 bridgehead atoms. The van der Waals surface area contributed by atoms with Crippen LogP contribution in [0.15, 0.2) is 28.8 Å². The number of aromatic nitrogens is 3. The summed E-state index contributed by atoms with van der Waals surface area (Å²) in [6, 6.07) is 8.07. The van der Waals surface area contributed by atoms with Crippen molar-refractivity contribution in [2.75, 3.05) is 25.5 Å². The standard InChI is InChI=1S/C26H35N5O3/c1-15-8-6-11-22(15)28-25-16(2)24(23-17(3)31-34-18(23)4)29-26(30-25)19-9-7-10-21(12-19)33-14-20(32)13-27-5/h7,9-10,12,15,20,22,27,32H,6,8,11,13-14H2,1-5H3,(H,28,29,30)/t15-,20?,22+/m1/s1. The highest BCUT2D eigenvalue weighted by atomic mass is 16.5. The van der Waals surface area contributed by atoms with Gasteiger partial charge in [0, 0.05) is 23.7 Å². The van der Waals surface area contributed by atoms with E-state index in [1.165, 1.54) is 12.8 Å². The van der Waals surface area contributed by atoms with Crippen LogP contribution < -0.4 is 15.4 Å². The lowest BCUT2D eigenvalue weighted by Crippen LogP contribution is -2.29. The number of aliphatic hydroxyl groups excluding tert-OH is 1. The maximum absolute atomic E-state index is 9.98. The third-order valence-corrected chi connectivity index (χ3v) is 6.57. The van der Waals surface area contributed by atoms with Crippen molar-refractivity contribution in [1.29, 1.82) is 0 Å². The zero-order chi connectivity index (χ0) is 24.2. The van der Waals surface area contributed by atoms with Crippen molar-refractivity contribution >= 4 is 5.82 Å². The summed E-state index contributed by atoms with van der Waals surface area (Å²) in [5.41, 5.74) is 4.37. The van der Waals surface area contributed by atoms with Crippen molar-refractivity contribution in [2.45, 2.75) is 59.1 Å². The van der Waals surface area contributed by atoms with Gasteiger partial charge in [-0.25, -0.2) is 9.97 Å². The summed E-state index contributed by atoms with van der Waals surface area (Å²) >= 11 is 0. The van der Waals surface area contributed by atoms with E-state index < -0.39 is 6.10 Å². The number of rotatable bonds is 9. The lowest BCUT2D eigenvalue weighted by atomic mass is 10.0. The molecule has 2 aromatic heterocycles. The van der Waals surface area contributed by atoms with Crippen LogP contribution in [0.2, 0.25) is 0 Å². The van der Waals surface area contributed by atoms with Crippen LogP contribution in [-0.4, -0.2) is 52.6 Å². The van der Waals surface area contributed by atoms with Crippen LogP contribution in [0.1, 0.15) is 43.2 Å². The molecule has 1 aliphatic rings. The fourth-order valence-corrected chi connectivity index (χ4v) is 4.60. The van der Waals surface area contributed by atoms with E-state index in [0.29, 0.717) is 30.1 Å². The van der Waals surface area contributed by atoms with Gasteiger partial charge in [-0.2, -0.15) is 0 Å². The van der Waals surface area contributed by atoms with Crippen LogP contribution >= 0.6 is 0 Å². The largest absolute Gasteiger partial charge is 0.491 e. The molecule has 8 nitrogen and oxygen atoms in total. The Balaban J connectivity index is 1.73. The molecule has 8 heteroatoms. The molecule has 0 amide bonds. The number of hydrogen-bond donors (Lipinski definition) is 3. The minimum absolute atomic E-state index is 0.204. The topological polar surface area (TPSA) is 105 Å². The third kappa shape index (κ3) is 5.23. The van der Waals surface area contributed by atoms with Gasteiger partial charge in [0.2, 0.25) is 0 Å². The van der Waals surface area contributed by atoms with E-state index in [0.717, 1.165) is 46.1 Å². The van der Waals surface area contributed by atoms with E-state index in [9.17, 15) is 5.11 Å². The van der Waals surface area contributed by atoms with Crippen molar-refractivity contribution in [3.8, 4) is 28.4 Å². The van der Waals surface area contributed by atoms with Crippen molar-refractivity contribution in [3.63, 3.8) is 0 Å². The highest BCUT2D eigenvalue weighted by Gasteiger charge is 2.26. The molecular weight excluding hydrogens is 430 g/mol. The van der Waals surface area contributed by atoms with Crippen molar-refractivity contribution in [2.24, 2.45) is 5.92 Å². The Hall–Kier alpha value is -2.97. The summed E-state index contributed by atoms with van der Waals surface area (Å²) in [6.07, 6.45) is 3.01. The molecule has 3 N–H and O–H groups in total. The fourth-order valence-electron chi connectivity index (χ4n) is 4.60. The number of likely N-dealkylation sites (N-methyl/N-ethyl adjacent to an activating group) is 1. The molecule has 2 heterocycles. The maximum atomic E-state index is 9.98. The van der Waals surface area contributed by atoms with E-state index in [2.05, 4.69) is 29.6 Å². The first-order chi connectivity index (χ1) is 16.4. The predicted molar refractivity (Wildman–Crippen MR) is 133 cm³/mol. The summed E-state index contributed by atoms with van der Waals surface area (Å²) in [5.74, 6) is 3.45. The molecule has 0 spiro atoms. The molecule has 1 unspecified atom stereocenters. The lowest BCUT2D eigenvalue weighted by Gasteiger charge is -2.21. The monoisotopic (exact) mass is 465 g/mol. The zero-order valence-corrected chi connectivity index (χ0v) is 20.7. The Bertz CT molecular complexity index is 1110. The molecule has 1 aliphatic carbocycles. The Labute approximate surface area is 201 Å². The van der Waals surface area contributed by atoms with Crippen LogP contribution in [-0.2, 0) is 0 Å². The second-order valence-electron chi connectivity index (χ2n) is 9.28. The van der Waals surface area contributed by atoms with Crippen LogP contribution in [0.4, 0.5) is 5.82 Å². The average molecular weight is 466 g/mol. The van der Waals surface area contributed by atoms with E-state index in [1.54, 1.807) is 7.05 Å². The minimum atomic E-state index is -0.584.